The average Bonchev–Trinajstić information content (AvgIpc) is 2.68. The number of amides is 1. The summed E-state index contributed by atoms with van der Waals surface area (Å²) in [4.78, 5) is 17.2. The standard InChI is InChI=1S/C23H30N2O/c1-18(2)25-15-13-22(14-16-25)24(3)23(26)17-19-9-11-21(12-10-19)20-7-5-4-6-8-20/h4-12,18,22H,13-17H2,1-3H3. The molecule has 3 nitrogen and oxygen atoms in total. The summed E-state index contributed by atoms with van der Waals surface area (Å²) >= 11 is 0. The molecule has 1 aliphatic heterocycles. The van der Waals surface area contributed by atoms with Gasteiger partial charge in [-0.1, -0.05) is 54.6 Å². The Kier molecular flexibility index (Phi) is 6.10. The van der Waals surface area contributed by atoms with Crippen molar-refractivity contribution in [1.29, 1.82) is 0 Å². The Morgan fingerprint density at radius 2 is 1.58 bits per heavy atom. The molecule has 0 aliphatic carbocycles. The highest BCUT2D eigenvalue weighted by atomic mass is 16.2. The van der Waals surface area contributed by atoms with Crippen molar-refractivity contribution in [2.24, 2.45) is 0 Å². The van der Waals surface area contributed by atoms with Crippen LogP contribution in [-0.2, 0) is 11.2 Å². The highest BCUT2D eigenvalue weighted by Gasteiger charge is 2.26. The van der Waals surface area contributed by atoms with E-state index in [1.807, 2.05) is 30.1 Å². The van der Waals surface area contributed by atoms with E-state index in [0.717, 1.165) is 31.5 Å². The molecule has 3 heteroatoms. The Morgan fingerprint density at radius 3 is 2.15 bits per heavy atom. The largest absolute Gasteiger partial charge is 0.342 e. The Labute approximate surface area is 157 Å². The van der Waals surface area contributed by atoms with Crippen molar-refractivity contribution in [3.05, 3.63) is 60.2 Å². The number of nitrogens with zero attached hydrogens (tertiary/aromatic N) is 2. The maximum atomic E-state index is 12.7. The van der Waals surface area contributed by atoms with E-state index in [1.54, 1.807) is 0 Å². The molecule has 2 aromatic carbocycles. The van der Waals surface area contributed by atoms with Gasteiger partial charge in [0.2, 0.25) is 5.91 Å². The summed E-state index contributed by atoms with van der Waals surface area (Å²) in [5.74, 6) is 0.223. The van der Waals surface area contributed by atoms with Gasteiger partial charge in [-0.2, -0.15) is 0 Å². The van der Waals surface area contributed by atoms with Crippen molar-refractivity contribution in [3.63, 3.8) is 0 Å². The summed E-state index contributed by atoms with van der Waals surface area (Å²) in [6, 6.07) is 19.7. The summed E-state index contributed by atoms with van der Waals surface area (Å²) in [6.45, 7) is 6.67. The molecule has 1 aliphatic rings. The topological polar surface area (TPSA) is 23.6 Å². The van der Waals surface area contributed by atoms with E-state index in [-0.39, 0.29) is 5.91 Å². The van der Waals surface area contributed by atoms with E-state index in [0.29, 0.717) is 18.5 Å². The van der Waals surface area contributed by atoms with Gasteiger partial charge in [0.1, 0.15) is 0 Å². The summed E-state index contributed by atoms with van der Waals surface area (Å²) in [6.07, 6.45) is 2.64. The highest BCUT2D eigenvalue weighted by Crippen LogP contribution is 2.21. The Morgan fingerprint density at radius 1 is 1.00 bits per heavy atom. The molecular weight excluding hydrogens is 320 g/mol. The van der Waals surface area contributed by atoms with E-state index >= 15 is 0 Å². The van der Waals surface area contributed by atoms with Crippen LogP contribution < -0.4 is 0 Å². The molecule has 0 bridgehead atoms. The molecule has 3 rings (SSSR count). The van der Waals surface area contributed by atoms with Crippen molar-refractivity contribution in [3.8, 4) is 11.1 Å². The van der Waals surface area contributed by atoms with E-state index in [9.17, 15) is 4.79 Å². The summed E-state index contributed by atoms with van der Waals surface area (Å²) in [5, 5.41) is 0. The third-order valence-electron chi connectivity index (χ3n) is 5.59. The Hall–Kier alpha value is -2.13. The fraction of sp³-hybridized carbons (Fsp3) is 0.435. The first-order valence-electron chi connectivity index (χ1n) is 9.68. The van der Waals surface area contributed by atoms with E-state index in [2.05, 4.69) is 55.1 Å². The summed E-state index contributed by atoms with van der Waals surface area (Å²) < 4.78 is 0. The Bertz CT molecular complexity index is 701. The third kappa shape index (κ3) is 4.53. The second-order valence-corrected chi connectivity index (χ2v) is 7.61. The number of likely N-dealkylation sites (tertiary alicyclic amines) is 1. The predicted molar refractivity (Wildman–Crippen MR) is 108 cm³/mol. The lowest BCUT2D eigenvalue weighted by atomic mass is 10.0. The first-order chi connectivity index (χ1) is 12.5. The highest BCUT2D eigenvalue weighted by molar-refractivity contribution is 5.79. The minimum absolute atomic E-state index is 0.223. The number of hydrogen-bond donors (Lipinski definition) is 0. The lowest BCUT2D eigenvalue weighted by Crippen LogP contribution is -2.47. The second kappa shape index (κ2) is 8.50. The van der Waals surface area contributed by atoms with Crippen LogP contribution in [0.1, 0.15) is 32.3 Å². The maximum absolute atomic E-state index is 12.7. The third-order valence-corrected chi connectivity index (χ3v) is 5.59. The van der Waals surface area contributed by atoms with Gasteiger partial charge in [-0.25, -0.2) is 0 Å². The van der Waals surface area contributed by atoms with Gasteiger partial charge in [0, 0.05) is 32.2 Å². The van der Waals surface area contributed by atoms with E-state index in [4.69, 9.17) is 0 Å². The van der Waals surface area contributed by atoms with Crippen LogP contribution in [0.25, 0.3) is 11.1 Å². The average molecular weight is 351 g/mol. The van der Waals surface area contributed by atoms with Crippen molar-refractivity contribution >= 4 is 5.91 Å². The lowest BCUT2D eigenvalue weighted by Gasteiger charge is -2.38. The first-order valence-corrected chi connectivity index (χ1v) is 9.68. The zero-order valence-electron chi connectivity index (χ0n) is 16.2. The van der Waals surface area contributed by atoms with Crippen LogP contribution in [0.2, 0.25) is 0 Å². The number of rotatable bonds is 5. The molecule has 0 atom stereocenters. The van der Waals surface area contributed by atoms with Gasteiger partial charge in [-0.3, -0.25) is 4.79 Å². The second-order valence-electron chi connectivity index (χ2n) is 7.61. The number of carbonyl (C=O) groups is 1. The number of carbonyl (C=O) groups excluding carboxylic acids is 1. The number of likely N-dealkylation sites (N-methyl/N-ethyl adjacent to an activating group) is 1. The van der Waals surface area contributed by atoms with Crippen molar-refractivity contribution < 1.29 is 4.79 Å². The number of hydrogen-bond acceptors (Lipinski definition) is 2. The van der Waals surface area contributed by atoms with Crippen molar-refractivity contribution in [2.75, 3.05) is 20.1 Å². The van der Waals surface area contributed by atoms with Crippen molar-refractivity contribution in [2.45, 2.75) is 45.2 Å². The molecular formula is C23H30N2O. The normalized spacial score (nSPS) is 16.0. The number of piperidine rings is 1. The maximum Gasteiger partial charge on any atom is 0.226 e. The van der Waals surface area contributed by atoms with E-state index < -0.39 is 0 Å². The van der Waals surface area contributed by atoms with Crippen LogP contribution in [0.4, 0.5) is 0 Å². The smallest absolute Gasteiger partial charge is 0.226 e. The molecule has 0 aromatic heterocycles. The van der Waals surface area contributed by atoms with Gasteiger partial charge in [0.15, 0.2) is 0 Å². The molecule has 26 heavy (non-hydrogen) atoms. The van der Waals surface area contributed by atoms with Crippen LogP contribution in [-0.4, -0.2) is 47.9 Å². The summed E-state index contributed by atoms with van der Waals surface area (Å²) in [7, 11) is 1.97. The molecule has 1 fully saturated rings. The van der Waals surface area contributed by atoms with Gasteiger partial charge < -0.3 is 9.80 Å². The van der Waals surface area contributed by atoms with Gasteiger partial charge >= 0.3 is 0 Å². The van der Waals surface area contributed by atoms with Crippen molar-refractivity contribution in [1.82, 2.24) is 9.80 Å². The minimum Gasteiger partial charge on any atom is -0.342 e. The predicted octanol–water partition coefficient (Wildman–Crippen LogP) is 4.23. The van der Waals surface area contributed by atoms with Crippen LogP contribution >= 0.6 is 0 Å². The fourth-order valence-electron chi connectivity index (χ4n) is 3.74. The molecule has 1 amide bonds. The molecule has 0 saturated carbocycles. The monoisotopic (exact) mass is 350 g/mol. The molecule has 138 valence electrons. The van der Waals surface area contributed by atoms with Gasteiger partial charge in [-0.15, -0.1) is 0 Å². The quantitative estimate of drug-likeness (QED) is 0.806. The summed E-state index contributed by atoms with van der Waals surface area (Å²) in [5.41, 5.74) is 3.48. The first kappa shape index (κ1) is 18.7. The molecule has 2 aromatic rings. The van der Waals surface area contributed by atoms with Gasteiger partial charge in [0.05, 0.1) is 6.42 Å². The van der Waals surface area contributed by atoms with Gasteiger partial charge in [-0.05, 0) is 43.4 Å². The van der Waals surface area contributed by atoms with Crippen LogP contribution in [0.5, 0.6) is 0 Å². The van der Waals surface area contributed by atoms with Gasteiger partial charge in [0.25, 0.3) is 0 Å². The fourth-order valence-corrected chi connectivity index (χ4v) is 3.74. The zero-order valence-corrected chi connectivity index (χ0v) is 16.2. The zero-order chi connectivity index (χ0) is 18.5. The number of benzene rings is 2. The molecule has 0 N–H and O–H groups in total. The van der Waals surface area contributed by atoms with E-state index in [1.165, 1.54) is 11.1 Å². The minimum atomic E-state index is 0.223. The molecule has 1 saturated heterocycles. The van der Waals surface area contributed by atoms with Crippen LogP contribution in [0, 0.1) is 0 Å². The van der Waals surface area contributed by atoms with Crippen LogP contribution in [0.15, 0.2) is 54.6 Å². The molecule has 0 radical (unpaired) electrons. The Balaban J connectivity index is 1.56. The SMILES string of the molecule is CC(C)N1CCC(N(C)C(=O)Cc2ccc(-c3ccccc3)cc2)CC1. The molecule has 1 heterocycles. The van der Waals surface area contributed by atoms with Crippen LogP contribution in [0.3, 0.4) is 0 Å². The lowest BCUT2D eigenvalue weighted by molar-refractivity contribution is -0.132. The molecule has 0 unspecified atom stereocenters. The molecule has 0 spiro atoms.